The third-order valence-electron chi connectivity index (χ3n) is 2.66. The van der Waals surface area contributed by atoms with Crippen LogP contribution in [-0.4, -0.2) is 26.1 Å². The topological polar surface area (TPSA) is 50.4 Å². The molecule has 4 nitrogen and oxygen atoms in total. The molecule has 0 aliphatic rings. The van der Waals surface area contributed by atoms with E-state index in [1.165, 1.54) is 0 Å². The first-order chi connectivity index (χ1) is 9.17. The lowest BCUT2D eigenvalue weighted by Crippen LogP contribution is -2.18. The van der Waals surface area contributed by atoms with Crippen LogP contribution in [0.4, 0.5) is 0 Å². The van der Waals surface area contributed by atoms with Gasteiger partial charge in [-0.3, -0.25) is 4.79 Å². The Bertz CT molecular complexity index is 410. The number of nitrogens with one attached hydrogen (secondary N) is 2. The maximum atomic E-state index is 11.0. The number of rotatable bonds is 8. The van der Waals surface area contributed by atoms with Gasteiger partial charge in [0.05, 0.1) is 11.6 Å². The van der Waals surface area contributed by atoms with Crippen molar-refractivity contribution in [3.8, 4) is 5.75 Å². The molecule has 0 aromatic heterocycles. The van der Waals surface area contributed by atoms with Gasteiger partial charge in [0.25, 0.3) is 0 Å². The third kappa shape index (κ3) is 5.94. The molecule has 1 amide bonds. The van der Waals surface area contributed by atoms with Gasteiger partial charge in [-0.15, -0.1) is 0 Å². The lowest BCUT2D eigenvalue weighted by atomic mass is 10.2. The van der Waals surface area contributed by atoms with Gasteiger partial charge in [-0.2, -0.15) is 0 Å². The summed E-state index contributed by atoms with van der Waals surface area (Å²) in [5.74, 6) is 0.689. The van der Waals surface area contributed by atoms with Crippen LogP contribution in [0.1, 0.15) is 25.3 Å². The van der Waals surface area contributed by atoms with Crippen molar-refractivity contribution in [3.05, 3.63) is 28.8 Å². The summed E-state index contributed by atoms with van der Waals surface area (Å²) in [6.07, 6.45) is 1.14. The molecule has 0 radical (unpaired) electrons. The maximum absolute atomic E-state index is 11.0. The Kier molecular flexibility index (Phi) is 7.30. The van der Waals surface area contributed by atoms with E-state index in [0.717, 1.165) is 18.7 Å². The molecule has 1 rings (SSSR count). The smallest absolute Gasteiger partial charge is 0.219 e. The zero-order valence-corrected chi connectivity index (χ0v) is 12.2. The van der Waals surface area contributed by atoms with E-state index in [-0.39, 0.29) is 5.91 Å². The summed E-state index contributed by atoms with van der Waals surface area (Å²) in [5.41, 5.74) is 1.13. The minimum absolute atomic E-state index is 0.0238. The second kappa shape index (κ2) is 8.77. The second-order valence-electron chi connectivity index (χ2n) is 4.17. The number of hydrogen-bond donors (Lipinski definition) is 2. The molecule has 0 bridgehead atoms. The Morgan fingerprint density at radius 2 is 2.21 bits per heavy atom. The average molecular weight is 285 g/mol. The minimum Gasteiger partial charge on any atom is -0.492 e. The van der Waals surface area contributed by atoms with E-state index < -0.39 is 0 Å². The summed E-state index contributed by atoms with van der Waals surface area (Å²) in [6, 6.07) is 5.76. The number of halogens is 1. The largest absolute Gasteiger partial charge is 0.492 e. The van der Waals surface area contributed by atoms with Crippen molar-refractivity contribution in [3.63, 3.8) is 0 Å². The van der Waals surface area contributed by atoms with Crippen molar-refractivity contribution in [1.82, 2.24) is 10.6 Å². The molecule has 106 valence electrons. The van der Waals surface area contributed by atoms with Gasteiger partial charge in [-0.25, -0.2) is 0 Å². The van der Waals surface area contributed by atoms with Crippen molar-refractivity contribution in [2.24, 2.45) is 0 Å². The van der Waals surface area contributed by atoms with Gasteiger partial charge in [0.2, 0.25) is 5.91 Å². The predicted octanol–water partition coefficient (Wildman–Crippen LogP) is 2.35. The molecule has 0 fully saturated rings. The summed E-state index contributed by atoms with van der Waals surface area (Å²) in [4.78, 5) is 11.0. The lowest BCUT2D eigenvalue weighted by molar-refractivity contribution is -0.120. The predicted molar refractivity (Wildman–Crippen MR) is 77.6 cm³/mol. The summed E-state index contributed by atoms with van der Waals surface area (Å²) in [5, 5.41) is 6.42. The zero-order chi connectivity index (χ0) is 14.1. The molecular formula is C14H21ClN2O2. The van der Waals surface area contributed by atoms with Crippen molar-refractivity contribution >= 4 is 17.5 Å². The molecule has 0 atom stereocenters. The Labute approximate surface area is 119 Å². The van der Waals surface area contributed by atoms with Crippen LogP contribution in [0, 0.1) is 0 Å². The summed E-state index contributed by atoms with van der Waals surface area (Å²) in [7, 11) is 1.63. The fourth-order valence-electron chi connectivity index (χ4n) is 1.58. The lowest BCUT2D eigenvalue weighted by Gasteiger charge is -2.09. The number of ether oxygens (including phenoxy) is 1. The van der Waals surface area contributed by atoms with Gasteiger partial charge >= 0.3 is 0 Å². The highest BCUT2D eigenvalue weighted by atomic mass is 35.5. The number of carbonyl (C=O) groups excluding carboxylic acids is 1. The number of carbonyl (C=O) groups is 1. The second-order valence-corrected chi connectivity index (χ2v) is 4.58. The van der Waals surface area contributed by atoms with Gasteiger partial charge < -0.3 is 15.4 Å². The highest BCUT2D eigenvalue weighted by Gasteiger charge is 2.04. The molecular weight excluding hydrogens is 264 g/mol. The fourth-order valence-corrected chi connectivity index (χ4v) is 1.84. The molecule has 1 aromatic carbocycles. The van der Waals surface area contributed by atoms with Crippen molar-refractivity contribution < 1.29 is 9.53 Å². The quantitative estimate of drug-likeness (QED) is 0.721. The van der Waals surface area contributed by atoms with Gasteiger partial charge in [-0.05, 0) is 30.7 Å². The van der Waals surface area contributed by atoms with E-state index in [1.807, 2.05) is 18.2 Å². The van der Waals surface area contributed by atoms with Gasteiger partial charge in [0, 0.05) is 20.0 Å². The average Bonchev–Trinajstić information content (AvgIpc) is 2.42. The summed E-state index contributed by atoms with van der Waals surface area (Å²) < 4.78 is 5.56. The number of benzene rings is 1. The molecule has 19 heavy (non-hydrogen) atoms. The molecule has 5 heteroatoms. The molecule has 0 spiro atoms. The summed E-state index contributed by atoms with van der Waals surface area (Å²) in [6.45, 7) is 4.27. The van der Waals surface area contributed by atoms with E-state index in [9.17, 15) is 4.79 Å². The first-order valence-corrected chi connectivity index (χ1v) is 6.87. The molecule has 0 aliphatic carbocycles. The normalized spacial score (nSPS) is 10.3. The highest BCUT2D eigenvalue weighted by molar-refractivity contribution is 6.32. The van der Waals surface area contributed by atoms with Crippen LogP contribution < -0.4 is 15.4 Å². The van der Waals surface area contributed by atoms with Crippen molar-refractivity contribution in [1.29, 1.82) is 0 Å². The SMILES string of the molecule is CCNCc1ccc(OCCCC(=O)NC)c(Cl)c1. The van der Waals surface area contributed by atoms with Gasteiger partial charge in [0.15, 0.2) is 0 Å². The van der Waals surface area contributed by atoms with Crippen molar-refractivity contribution in [2.45, 2.75) is 26.3 Å². The minimum atomic E-state index is 0.0238. The molecule has 0 saturated heterocycles. The van der Waals surface area contributed by atoms with Crippen LogP contribution in [0.15, 0.2) is 18.2 Å². The zero-order valence-electron chi connectivity index (χ0n) is 11.5. The van der Waals surface area contributed by atoms with E-state index in [0.29, 0.717) is 30.2 Å². The monoisotopic (exact) mass is 284 g/mol. The standard InChI is InChI=1S/C14H21ClN2O2/c1-3-17-10-11-6-7-13(12(15)9-11)19-8-4-5-14(18)16-2/h6-7,9,17H,3-5,8,10H2,1-2H3,(H,16,18). The fraction of sp³-hybridized carbons (Fsp3) is 0.500. The van der Waals surface area contributed by atoms with E-state index in [1.54, 1.807) is 7.05 Å². The number of amides is 1. The molecule has 0 aliphatic heterocycles. The van der Waals surface area contributed by atoms with Crippen molar-refractivity contribution in [2.75, 3.05) is 20.2 Å². The third-order valence-corrected chi connectivity index (χ3v) is 2.96. The number of hydrogen-bond acceptors (Lipinski definition) is 3. The first-order valence-electron chi connectivity index (χ1n) is 6.50. The Morgan fingerprint density at radius 3 is 2.84 bits per heavy atom. The maximum Gasteiger partial charge on any atom is 0.219 e. The Morgan fingerprint density at radius 1 is 1.42 bits per heavy atom. The van der Waals surface area contributed by atoms with Crippen LogP contribution in [0.5, 0.6) is 5.75 Å². The summed E-state index contributed by atoms with van der Waals surface area (Å²) >= 11 is 6.15. The van der Waals surface area contributed by atoms with E-state index >= 15 is 0 Å². The van der Waals surface area contributed by atoms with E-state index in [4.69, 9.17) is 16.3 Å². The molecule has 0 unspecified atom stereocenters. The van der Waals surface area contributed by atoms with E-state index in [2.05, 4.69) is 17.6 Å². The molecule has 2 N–H and O–H groups in total. The highest BCUT2D eigenvalue weighted by Crippen LogP contribution is 2.25. The molecule has 0 saturated carbocycles. The van der Waals surface area contributed by atoms with Gasteiger partial charge in [0.1, 0.15) is 5.75 Å². The molecule has 1 aromatic rings. The van der Waals surface area contributed by atoms with Crippen LogP contribution in [0.2, 0.25) is 5.02 Å². The Balaban J connectivity index is 2.39. The van der Waals surface area contributed by atoms with Crippen LogP contribution in [-0.2, 0) is 11.3 Å². The van der Waals surface area contributed by atoms with Crippen LogP contribution in [0.3, 0.4) is 0 Å². The van der Waals surface area contributed by atoms with Crippen LogP contribution in [0.25, 0.3) is 0 Å². The van der Waals surface area contributed by atoms with Crippen LogP contribution >= 0.6 is 11.6 Å². The van der Waals surface area contributed by atoms with Gasteiger partial charge in [-0.1, -0.05) is 24.6 Å². The molecule has 0 heterocycles. The Hall–Kier alpha value is -1.26. The first kappa shape index (κ1) is 15.8.